The Kier molecular flexibility index (Phi) is 6.16. The molecule has 7 nitrogen and oxygen atoms in total. The number of nitrogens with zero attached hydrogens (tertiary/aromatic N) is 4. The number of amides is 1. The lowest BCUT2D eigenvalue weighted by molar-refractivity contribution is -0.142. The van der Waals surface area contributed by atoms with Crippen molar-refractivity contribution in [1.82, 2.24) is 15.3 Å². The van der Waals surface area contributed by atoms with Gasteiger partial charge in [0, 0.05) is 37.0 Å². The maximum atomic E-state index is 14.1. The largest absolute Gasteiger partial charge is 0.422 e. The van der Waals surface area contributed by atoms with Gasteiger partial charge in [0.05, 0.1) is 6.07 Å². The third-order valence-electron chi connectivity index (χ3n) is 6.18. The Morgan fingerprint density at radius 3 is 2.50 bits per heavy atom. The maximum absolute atomic E-state index is 14.1. The van der Waals surface area contributed by atoms with E-state index in [1.165, 1.54) is 6.20 Å². The molecule has 0 radical (unpaired) electrons. The van der Waals surface area contributed by atoms with Gasteiger partial charge in [0.25, 0.3) is 0 Å². The maximum Gasteiger partial charge on any atom is 0.422 e. The van der Waals surface area contributed by atoms with E-state index in [1.807, 2.05) is 11.0 Å². The Labute approximate surface area is 191 Å². The zero-order chi connectivity index (χ0) is 24.7. The highest BCUT2D eigenvalue weighted by atomic mass is 19.4. The number of alkyl halides is 3. The van der Waals surface area contributed by atoms with Crippen molar-refractivity contribution < 1.29 is 26.7 Å². The summed E-state index contributed by atoms with van der Waals surface area (Å²) in [5, 5.41) is 11.9. The van der Waals surface area contributed by atoms with E-state index in [-0.39, 0.29) is 23.9 Å². The standard InChI is InChI=1S/C22H21F5N6O/c23-15-5-13(6-16(24)17(15)22(25,26)27)18-30-8-14(9-31-20(34)21(11-29)2-3-21)19(32-18)33-4-1-12(7-28)10-33/h5-6,8,12H,1-4,7,9-10,28H2,(H,31,34). The molecule has 34 heavy (non-hydrogen) atoms. The van der Waals surface area contributed by atoms with Crippen molar-refractivity contribution in [2.45, 2.75) is 32.0 Å². The van der Waals surface area contributed by atoms with Crippen molar-refractivity contribution in [3.63, 3.8) is 0 Å². The Morgan fingerprint density at radius 2 is 1.97 bits per heavy atom. The van der Waals surface area contributed by atoms with E-state index in [0.717, 1.165) is 6.42 Å². The average molecular weight is 480 g/mol. The van der Waals surface area contributed by atoms with Crippen molar-refractivity contribution >= 4 is 11.7 Å². The second-order valence-electron chi connectivity index (χ2n) is 8.57. The fraction of sp³-hybridized carbons (Fsp3) is 0.455. The van der Waals surface area contributed by atoms with E-state index in [1.54, 1.807) is 0 Å². The van der Waals surface area contributed by atoms with Crippen LogP contribution in [0.2, 0.25) is 0 Å². The quantitative estimate of drug-likeness (QED) is 0.615. The van der Waals surface area contributed by atoms with Crippen LogP contribution in [0.5, 0.6) is 0 Å². The van der Waals surface area contributed by atoms with Crippen molar-refractivity contribution in [2.24, 2.45) is 17.1 Å². The molecule has 4 rings (SSSR count). The molecule has 3 N–H and O–H groups in total. The van der Waals surface area contributed by atoms with Gasteiger partial charge in [-0.1, -0.05) is 0 Å². The minimum absolute atomic E-state index is 0.0113. The highest BCUT2D eigenvalue weighted by Gasteiger charge is 2.50. The Morgan fingerprint density at radius 1 is 1.29 bits per heavy atom. The van der Waals surface area contributed by atoms with Crippen molar-refractivity contribution in [1.29, 1.82) is 5.26 Å². The van der Waals surface area contributed by atoms with E-state index in [2.05, 4.69) is 15.3 Å². The second kappa shape index (κ2) is 8.79. The third kappa shape index (κ3) is 4.52. The Hall–Kier alpha value is -3.33. The van der Waals surface area contributed by atoms with Crippen LogP contribution < -0.4 is 16.0 Å². The zero-order valence-electron chi connectivity index (χ0n) is 17.9. The number of rotatable bonds is 6. The van der Waals surface area contributed by atoms with Gasteiger partial charge in [-0.2, -0.15) is 18.4 Å². The highest BCUT2D eigenvalue weighted by molar-refractivity contribution is 5.88. The van der Waals surface area contributed by atoms with Crippen LogP contribution in [0.25, 0.3) is 11.4 Å². The first kappa shape index (κ1) is 23.8. The van der Waals surface area contributed by atoms with E-state index in [0.29, 0.717) is 56.0 Å². The molecule has 1 unspecified atom stereocenters. The second-order valence-corrected chi connectivity index (χ2v) is 8.57. The van der Waals surface area contributed by atoms with Crippen LogP contribution in [0.3, 0.4) is 0 Å². The number of nitriles is 1. The molecule has 1 saturated heterocycles. The summed E-state index contributed by atoms with van der Waals surface area (Å²) in [7, 11) is 0. The third-order valence-corrected chi connectivity index (χ3v) is 6.18. The first-order valence-electron chi connectivity index (χ1n) is 10.6. The minimum Gasteiger partial charge on any atom is -0.356 e. The van der Waals surface area contributed by atoms with Crippen LogP contribution in [0.4, 0.5) is 27.8 Å². The lowest BCUT2D eigenvalue weighted by Crippen LogP contribution is -2.32. The number of anilines is 1. The topological polar surface area (TPSA) is 108 Å². The van der Waals surface area contributed by atoms with Crippen LogP contribution >= 0.6 is 0 Å². The van der Waals surface area contributed by atoms with Gasteiger partial charge in [0.1, 0.15) is 28.4 Å². The fourth-order valence-corrected chi connectivity index (χ4v) is 3.99. The van der Waals surface area contributed by atoms with Gasteiger partial charge in [0.2, 0.25) is 5.91 Å². The van der Waals surface area contributed by atoms with E-state index in [4.69, 9.17) is 5.73 Å². The van der Waals surface area contributed by atoms with Gasteiger partial charge in [-0.05, 0) is 43.9 Å². The molecule has 2 heterocycles. The fourth-order valence-electron chi connectivity index (χ4n) is 3.99. The molecule has 1 atom stereocenters. The molecular weight excluding hydrogens is 459 g/mol. The molecule has 1 aliphatic heterocycles. The molecule has 1 aromatic carbocycles. The van der Waals surface area contributed by atoms with E-state index < -0.39 is 34.7 Å². The average Bonchev–Trinajstić information content (AvgIpc) is 3.45. The summed E-state index contributed by atoms with van der Waals surface area (Å²) in [6.07, 6.45) is -2.09. The van der Waals surface area contributed by atoms with Gasteiger partial charge in [-0.3, -0.25) is 4.79 Å². The molecule has 12 heteroatoms. The number of carbonyl (C=O) groups excluding carboxylic acids is 1. The van der Waals surface area contributed by atoms with Crippen molar-refractivity contribution in [3.8, 4) is 17.5 Å². The van der Waals surface area contributed by atoms with Crippen molar-refractivity contribution in [2.75, 3.05) is 24.5 Å². The summed E-state index contributed by atoms with van der Waals surface area (Å²) >= 11 is 0. The van der Waals surface area contributed by atoms with Crippen LogP contribution in [-0.4, -0.2) is 35.5 Å². The Balaban J connectivity index is 1.67. The molecule has 2 aliphatic rings. The number of aromatic nitrogens is 2. The Bertz CT molecular complexity index is 1130. The smallest absolute Gasteiger partial charge is 0.356 e. The van der Waals surface area contributed by atoms with Crippen LogP contribution in [0, 0.1) is 34.3 Å². The monoisotopic (exact) mass is 480 g/mol. The molecule has 2 aromatic rings. The van der Waals surface area contributed by atoms with Crippen molar-refractivity contribution in [3.05, 3.63) is 41.1 Å². The predicted octanol–water partition coefficient (Wildman–Crippen LogP) is 3.15. The van der Waals surface area contributed by atoms with Gasteiger partial charge in [0.15, 0.2) is 5.82 Å². The molecule has 2 fully saturated rings. The normalized spacial score (nSPS) is 19.1. The summed E-state index contributed by atoms with van der Waals surface area (Å²) in [6, 6.07) is 3.10. The minimum atomic E-state index is -5.18. The van der Waals surface area contributed by atoms with Crippen LogP contribution in [0.15, 0.2) is 18.3 Å². The SMILES string of the molecule is N#CC1(C(=O)NCc2cnc(-c3cc(F)c(C(F)(F)F)c(F)c3)nc2N2CCC(CN)C2)CC1. The number of carbonyl (C=O) groups is 1. The zero-order valence-corrected chi connectivity index (χ0v) is 17.9. The van der Waals surface area contributed by atoms with E-state index in [9.17, 15) is 32.0 Å². The lowest BCUT2D eigenvalue weighted by atomic mass is 10.1. The number of nitrogens with one attached hydrogen (secondary N) is 1. The summed E-state index contributed by atoms with van der Waals surface area (Å²) in [5.74, 6) is -3.53. The lowest BCUT2D eigenvalue weighted by Gasteiger charge is -2.22. The first-order chi connectivity index (χ1) is 16.1. The number of benzene rings is 1. The number of nitrogens with two attached hydrogens (primary N) is 1. The summed E-state index contributed by atoms with van der Waals surface area (Å²) in [5.41, 5.74) is 3.01. The van der Waals surface area contributed by atoms with Gasteiger partial charge in [-0.25, -0.2) is 18.7 Å². The number of hydrogen-bond acceptors (Lipinski definition) is 6. The molecule has 0 bridgehead atoms. The molecular formula is C22H21F5N6O. The molecule has 1 amide bonds. The van der Waals surface area contributed by atoms with Crippen LogP contribution in [0.1, 0.15) is 30.4 Å². The van der Waals surface area contributed by atoms with Gasteiger partial charge < -0.3 is 16.0 Å². The molecule has 1 aliphatic carbocycles. The first-order valence-corrected chi connectivity index (χ1v) is 10.6. The number of hydrogen-bond donors (Lipinski definition) is 2. The molecule has 180 valence electrons. The number of halogens is 5. The van der Waals surface area contributed by atoms with E-state index >= 15 is 0 Å². The molecule has 1 saturated carbocycles. The summed E-state index contributed by atoms with van der Waals surface area (Å²) in [6.45, 7) is 1.58. The van der Waals surface area contributed by atoms with Crippen LogP contribution in [-0.2, 0) is 17.5 Å². The molecule has 1 aromatic heterocycles. The highest BCUT2D eigenvalue weighted by Crippen LogP contribution is 2.45. The van der Waals surface area contributed by atoms with Gasteiger partial charge >= 0.3 is 6.18 Å². The predicted molar refractivity (Wildman–Crippen MR) is 111 cm³/mol. The molecule has 0 spiro atoms. The summed E-state index contributed by atoms with van der Waals surface area (Å²) in [4.78, 5) is 22.7. The van der Waals surface area contributed by atoms with Gasteiger partial charge in [-0.15, -0.1) is 0 Å². The summed E-state index contributed by atoms with van der Waals surface area (Å²) < 4.78 is 67.0.